The minimum absolute atomic E-state index is 0.0716. The van der Waals surface area contributed by atoms with Gasteiger partial charge in [0.05, 0.1) is 13.1 Å². The molecule has 130 valence electrons. The Hall–Kier alpha value is -1.73. The van der Waals surface area contributed by atoms with E-state index in [9.17, 15) is 4.79 Å². The highest BCUT2D eigenvalue weighted by molar-refractivity contribution is 9.10. The number of hydrogen-bond acceptors (Lipinski definition) is 5. The Morgan fingerprint density at radius 2 is 2.21 bits per heavy atom. The molecule has 1 aromatic heterocycles. The van der Waals surface area contributed by atoms with Crippen LogP contribution in [0.15, 0.2) is 27.2 Å². The summed E-state index contributed by atoms with van der Waals surface area (Å²) >= 11 is 3.41. The van der Waals surface area contributed by atoms with Crippen molar-refractivity contribution in [2.75, 3.05) is 18.9 Å². The van der Waals surface area contributed by atoms with Gasteiger partial charge in [-0.3, -0.25) is 9.69 Å². The molecular formula is C17H23BrN4O2. The van der Waals surface area contributed by atoms with Crippen LogP contribution in [-0.2, 0) is 17.8 Å². The van der Waals surface area contributed by atoms with Gasteiger partial charge in [-0.1, -0.05) is 34.4 Å². The van der Waals surface area contributed by atoms with Crippen LogP contribution in [0.4, 0.5) is 5.69 Å². The lowest BCUT2D eigenvalue weighted by atomic mass is 10.2. The second-order valence-corrected chi connectivity index (χ2v) is 6.80. The van der Waals surface area contributed by atoms with Gasteiger partial charge in [0.1, 0.15) is 0 Å². The van der Waals surface area contributed by atoms with Crippen molar-refractivity contribution < 1.29 is 9.32 Å². The molecule has 1 heterocycles. The minimum atomic E-state index is -0.0716. The summed E-state index contributed by atoms with van der Waals surface area (Å²) < 4.78 is 6.19. The third-order valence-corrected chi connectivity index (χ3v) is 4.04. The number of aromatic nitrogens is 2. The molecule has 0 saturated carbocycles. The van der Waals surface area contributed by atoms with Gasteiger partial charge < -0.3 is 9.84 Å². The molecule has 0 atom stereocenters. The highest BCUT2D eigenvalue weighted by Gasteiger charge is 2.12. The van der Waals surface area contributed by atoms with E-state index < -0.39 is 0 Å². The molecule has 0 bridgehead atoms. The number of anilines is 1. The SMILES string of the molecule is CCCCc1nc(CN(C)CC(=O)Nc2ccc(Br)cc2C)no1. The molecule has 0 radical (unpaired) electrons. The van der Waals surface area contributed by atoms with E-state index >= 15 is 0 Å². The number of benzene rings is 1. The number of unbranched alkanes of at least 4 members (excludes halogenated alkanes) is 1. The summed E-state index contributed by atoms with van der Waals surface area (Å²) in [5.74, 6) is 1.20. The first-order valence-corrected chi connectivity index (χ1v) is 8.83. The van der Waals surface area contributed by atoms with Gasteiger partial charge in [-0.05, 0) is 44.2 Å². The number of carbonyl (C=O) groups is 1. The van der Waals surface area contributed by atoms with Crippen molar-refractivity contribution in [3.8, 4) is 0 Å². The van der Waals surface area contributed by atoms with Crippen LogP contribution in [0.5, 0.6) is 0 Å². The Morgan fingerprint density at radius 3 is 2.92 bits per heavy atom. The van der Waals surface area contributed by atoms with Gasteiger partial charge in [0.2, 0.25) is 11.8 Å². The van der Waals surface area contributed by atoms with Gasteiger partial charge in [0.25, 0.3) is 0 Å². The molecule has 0 fully saturated rings. The summed E-state index contributed by atoms with van der Waals surface area (Å²) in [4.78, 5) is 18.4. The lowest BCUT2D eigenvalue weighted by Gasteiger charge is -2.15. The summed E-state index contributed by atoms with van der Waals surface area (Å²) in [5.41, 5.74) is 1.83. The average Bonchev–Trinajstić information content (AvgIpc) is 2.95. The Bertz CT molecular complexity index is 687. The zero-order valence-corrected chi connectivity index (χ0v) is 15.9. The molecule has 1 amide bonds. The van der Waals surface area contributed by atoms with Crippen LogP contribution in [-0.4, -0.2) is 34.5 Å². The van der Waals surface area contributed by atoms with E-state index in [1.807, 2.05) is 37.1 Å². The minimum Gasteiger partial charge on any atom is -0.339 e. The van der Waals surface area contributed by atoms with Crippen molar-refractivity contribution in [3.63, 3.8) is 0 Å². The zero-order valence-electron chi connectivity index (χ0n) is 14.3. The summed E-state index contributed by atoms with van der Waals surface area (Å²) in [6.07, 6.45) is 2.93. The van der Waals surface area contributed by atoms with Gasteiger partial charge in [0, 0.05) is 16.6 Å². The molecule has 0 aliphatic heterocycles. The fourth-order valence-corrected chi connectivity index (χ4v) is 2.76. The molecule has 2 aromatic rings. The number of rotatable bonds is 8. The quantitative estimate of drug-likeness (QED) is 0.740. The van der Waals surface area contributed by atoms with E-state index in [4.69, 9.17) is 4.52 Å². The molecule has 0 aliphatic rings. The van der Waals surface area contributed by atoms with Gasteiger partial charge >= 0.3 is 0 Å². The lowest BCUT2D eigenvalue weighted by Crippen LogP contribution is -2.30. The van der Waals surface area contributed by atoms with E-state index in [1.54, 1.807) is 0 Å². The standard InChI is InChI=1S/C17H23BrN4O2/c1-4-5-6-17-20-15(21-24-17)10-22(3)11-16(23)19-14-8-7-13(18)9-12(14)2/h7-9H,4-6,10-11H2,1-3H3,(H,19,23). The topological polar surface area (TPSA) is 71.3 Å². The van der Waals surface area contributed by atoms with Crippen molar-refractivity contribution in [3.05, 3.63) is 40.0 Å². The third-order valence-electron chi connectivity index (χ3n) is 3.54. The highest BCUT2D eigenvalue weighted by atomic mass is 79.9. The number of amides is 1. The van der Waals surface area contributed by atoms with Crippen LogP contribution in [0.2, 0.25) is 0 Å². The summed E-state index contributed by atoms with van der Waals surface area (Å²) in [6.45, 7) is 4.81. The molecule has 1 aromatic carbocycles. The van der Waals surface area contributed by atoms with Crippen molar-refractivity contribution in [2.24, 2.45) is 0 Å². The predicted octanol–water partition coefficient (Wildman–Crippen LogP) is 3.55. The van der Waals surface area contributed by atoms with E-state index in [-0.39, 0.29) is 12.5 Å². The Labute approximate surface area is 150 Å². The van der Waals surface area contributed by atoms with Crippen LogP contribution < -0.4 is 5.32 Å². The number of nitrogens with one attached hydrogen (secondary N) is 1. The van der Waals surface area contributed by atoms with Crippen molar-refractivity contribution >= 4 is 27.5 Å². The van der Waals surface area contributed by atoms with Gasteiger partial charge in [-0.15, -0.1) is 0 Å². The van der Waals surface area contributed by atoms with Crippen LogP contribution in [0.1, 0.15) is 37.0 Å². The molecule has 0 spiro atoms. The molecule has 1 N–H and O–H groups in total. The average molecular weight is 395 g/mol. The maximum absolute atomic E-state index is 12.2. The number of halogens is 1. The molecule has 0 unspecified atom stereocenters. The number of hydrogen-bond donors (Lipinski definition) is 1. The molecule has 6 nitrogen and oxygen atoms in total. The van der Waals surface area contributed by atoms with E-state index in [0.717, 1.165) is 35.0 Å². The van der Waals surface area contributed by atoms with E-state index in [2.05, 4.69) is 38.3 Å². The second-order valence-electron chi connectivity index (χ2n) is 5.89. The molecule has 0 saturated heterocycles. The Morgan fingerprint density at radius 1 is 1.42 bits per heavy atom. The molecular weight excluding hydrogens is 372 g/mol. The number of aryl methyl sites for hydroxylation is 2. The zero-order chi connectivity index (χ0) is 17.5. The normalized spacial score (nSPS) is 11.0. The molecule has 24 heavy (non-hydrogen) atoms. The van der Waals surface area contributed by atoms with Crippen LogP contribution in [0, 0.1) is 6.92 Å². The van der Waals surface area contributed by atoms with Crippen molar-refractivity contribution in [1.82, 2.24) is 15.0 Å². The summed E-state index contributed by atoms with van der Waals surface area (Å²) in [5, 5.41) is 6.88. The number of carbonyl (C=O) groups excluding carboxylic acids is 1. The predicted molar refractivity (Wildman–Crippen MR) is 96.8 cm³/mol. The number of likely N-dealkylation sites (N-methyl/N-ethyl adjacent to an activating group) is 1. The molecule has 2 rings (SSSR count). The monoisotopic (exact) mass is 394 g/mol. The van der Waals surface area contributed by atoms with Crippen LogP contribution >= 0.6 is 15.9 Å². The Kier molecular flexibility index (Phi) is 6.93. The first-order valence-electron chi connectivity index (χ1n) is 8.04. The van der Waals surface area contributed by atoms with Crippen LogP contribution in [0.3, 0.4) is 0 Å². The van der Waals surface area contributed by atoms with Crippen molar-refractivity contribution in [1.29, 1.82) is 0 Å². The fourth-order valence-electron chi connectivity index (χ4n) is 2.28. The highest BCUT2D eigenvalue weighted by Crippen LogP contribution is 2.19. The smallest absolute Gasteiger partial charge is 0.238 e. The first-order chi connectivity index (χ1) is 11.5. The van der Waals surface area contributed by atoms with Gasteiger partial charge in [0.15, 0.2) is 5.82 Å². The first kappa shape index (κ1) is 18.6. The summed E-state index contributed by atoms with van der Waals surface area (Å²) in [6, 6.07) is 5.76. The fraction of sp³-hybridized carbons (Fsp3) is 0.471. The molecule has 0 aliphatic carbocycles. The lowest BCUT2D eigenvalue weighted by molar-refractivity contribution is -0.117. The summed E-state index contributed by atoms with van der Waals surface area (Å²) in [7, 11) is 1.86. The number of nitrogens with zero attached hydrogens (tertiary/aromatic N) is 3. The van der Waals surface area contributed by atoms with Gasteiger partial charge in [-0.2, -0.15) is 4.98 Å². The third kappa shape index (κ3) is 5.72. The van der Waals surface area contributed by atoms with Crippen LogP contribution in [0.25, 0.3) is 0 Å². The second kappa shape index (κ2) is 8.94. The largest absolute Gasteiger partial charge is 0.339 e. The molecule has 7 heteroatoms. The van der Waals surface area contributed by atoms with Crippen molar-refractivity contribution in [2.45, 2.75) is 39.7 Å². The Balaban J connectivity index is 1.83. The van der Waals surface area contributed by atoms with Gasteiger partial charge in [-0.25, -0.2) is 0 Å². The maximum atomic E-state index is 12.2. The maximum Gasteiger partial charge on any atom is 0.238 e. The van der Waals surface area contributed by atoms with E-state index in [1.165, 1.54) is 0 Å². The van der Waals surface area contributed by atoms with E-state index in [0.29, 0.717) is 18.3 Å².